The molecule has 21 heavy (non-hydrogen) atoms. The van der Waals surface area contributed by atoms with E-state index in [1.807, 2.05) is 0 Å². The van der Waals surface area contributed by atoms with E-state index in [1.165, 1.54) is 0 Å². The molecule has 0 aliphatic carbocycles. The lowest BCUT2D eigenvalue weighted by Crippen LogP contribution is -2.29. The van der Waals surface area contributed by atoms with Gasteiger partial charge in [0.05, 0.1) is 17.0 Å². The quantitative estimate of drug-likeness (QED) is 0.615. The number of hydrogen-bond donors (Lipinski definition) is 2. The van der Waals surface area contributed by atoms with E-state index in [2.05, 4.69) is 15.0 Å². The van der Waals surface area contributed by atoms with Gasteiger partial charge in [0.25, 0.3) is 11.8 Å². The van der Waals surface area contributed by atoms with Crippen molar-refractivity contribution in [2.24, 2.45) is 0 Å². The molecule has 1 aliphatic rings. The first-order valence-electron chi connectivity index (χ1n) is 5.91. The first-order valence-corrected chi connectivity index (χ1v) is 6.90. The lowest BCUT2D eigenvalue weighted by Gasteiger charge is -2.12. The van der Waals surface area contributed by atoms with Crippen molar-refractivity contribution in [1.82, 2.24) is 19.9 Å². The predicted octanol–water partition coefficient (Wildman–Crippen LogP) is 0.382. The van der Waals surface area contributed by atoms with E-state index in [1.54, 1.807) is 24.3 Å². The molecule has 0 unspecified atom stereocenters. The van der Waals surface area contributed by atoms with Crippen molar-refractivity contribution in [2.45, 2.75) is 5.16 Å². The van der Waals surface area contributed by atoms with Gasteiger partial charge < -0.3 is 11.5 Å². The number of nitrogens with two attached hydrogens (primary N) is 2. The number of imide groups is 1. The smallest absolute Gasteiger partial charge is 0.262 e. The standard InChI is InChI=1S/C12H10N6O2S/c13-10-15-11(14)17-12(16-10)21-5-18-8(19)6-3-1-2-4-7(6)9(18)20/h1-4H,5H2,(H4,13,14,15,16,17). The fraction of sp³-hybridized carbons (Fsp3) is 0.0833. The molecule has 2 aromatic rings. The monoisotopic (exact) mass is 302 g/mol. The van der Waals surface area contributed by atoms with Gasteiger partial charge in [0.2, 0.25) is 11.9 Å². The number of carbonyl (C=O) groups excluding carboxylic acids is 2. The number of fused-ring (bicyclic) bond motifs is 1. The molecular formula is C12H10N6O2S. The number of carbonyl (C=O) groups is 2. The number of thioether (sulfide) groups is 1. The average Bonchev–Trinajstić information content (AvgIpc) is 2.69. The number of anilines is 2. The van der Waals surface area contributed by atoms with Gasteiger partial charge in [-0.25, -0.2) is 0 Å². The Morgan fingerprint density at radius 3 is 2.00 bits per heavy atom. The molecule has 0 atom stereocenters. The minimum Gasteiger partial charge on any atom is -0.368 e. The van der Waals surface area contributed by atoms with Crippen LogP contribution in [0.4, 0.5) is 11.9 Å². The normalized spacial score (nSPS) is 13.6. The van der Waals surface area contributed by atoms with Crippen LogP contribution in [0.1, 0.15) is 20.7 Å². The number of benzene rings is 1. The van der Waals surface area contributed by atoms with Crippen LogP contribution in [0.25, 0.3) is 0 Å². The second kappa shape index (κ2) is 5.02. The number of nitrogens with zero attached hydrogens (tertiary/aromatic N) is 4. The molecule has 2 amide bonds. The van der Waals surface area contributed by atoms with Crippen molar-refractivity contribution in [3.8, 4) is 0 Å². The highest BCUT2D eigenvalue weighted by atomic mass is 32.2. The van der Waals surface area contributed by atoms with Gasteiger partial charge in [-0.3, -0.25) is 14.5 Å². The number of nitrogen functional groups attached to an aromatic ring is 2. The zero-order valence-corrected chi connectivity index (χ0v) is 11.5. The maximum Gasteiger partial charge on any atom is 0.262 e. The number of amides is 2. The highest BCUT2D eigenvalue weighted by Gasteiger charge is 2.35. The Labute approximate surface area is 123 Å². The maximum atomic E-state index is 12.2. The summed E-state index contributed by atoms with van der Waals surface area (Å²) in [5, 5.41) is 0.261. The summed E-state index contributed by atoms with van der Waals surface area (Å²) in [5.74, 6) is -0.606. The van der Waals surface area contributed by atoms with E-state index in [4.69, 9.17) is 11.5 Å². The van der Waals surface area contributed by atoms with Crippen molar-refractivity contribution in [1.29, 1.82) is 0 Å². The Hall–Kier alpha value is -2.68. The van der Waals surface area contributed by atoms with E-state index in [0.717, 1.165) is 16.7 Å². The molecule has 1 aromatic carbocycles. The van der Waals surface area contributed by atoms with E-state index >= 15 is 0 Å². The summed E-state index contributed by atoms with van der Waals surface area (Å²) >= 11 is 1.09. The van der Waals surface area contributed by atoms with Crippen molar-refractivity contribution in [2.75, 3.05) is 17.3 Å². The van der Waals surface area contributed by atoms with Gasteiger partial charge in [0, 0.05) is 0 Å². The summed E-state index contributed by atoms with van der Waals surface area (Å²) in [6.07, 6.45) is 0. The minimum atomic E-state index is -0.335. The zero-order valence-electron chi connectivity index (χ0n) is 10.7. The summed E-state index contributed by atoms with van der Waals surface area (Å²) in [5.41, 5.74) is 11.7. The van der Waals surface area contributed by atoms with Crippen LogP contribution < -0.4 is 11.5 Å². The number of aromatic nitrogens is 3. The van der Waals surface area contributed by atoms with Gasteiger partial charge in [0.1, 0.15) is 0 Å². The van der Waals surface area contributed by atoms with Gasteiger partial charge >= 0.3 is 0 Å². The molecule has 1 aromatic heterocycles. The molecule has 0 saturated heterocycles. The Morgan fingerprint density at radius 1 is 0.952 bits per heavy atom. The highest BCUT2D eigenvalue weighted by Crippen LogP contribution is 2.26. The molecule has 9 heteroatoms. The van der Waals surface area contributed by atoms with E-state index in [0.29, 0.717) is 11.1 Å². The number of hydrogen-bond acceptors (Lipinski definition) is 8. The van der Waals surface area contributed by atoms with Crippen LogP contribution in [0.2, 0.25) is 0 Å². The molecule has 0 saturated carbocycles. The van der Waals surface area contributed by atoms with E-state index in [9.17, 15) is 9.59 Å². The van der Waals surface area contributed by atoms with Crippen LogP contribution in [-0.2, 0) is 0 Å². The molecule has 0 bridgehead atoms. The Bertz CT molecular complexity index is 695. The second-order valence-electron chi connectivity index (χ2n) is 4.19. The Morgan fingerprint density at radius 2 is 1.48 bits per heavy atom. The zero-order chi connectivity index (χ0) is 15.0. The summed E-state index contributed by atoms with van der Waals surface area (Å²) in [6, 6.07) is 6.68. The summed E-state index contributed by atoms with van der Waals surface area (Å²) in [4.78, 5) is 36.8. The molecule has 0 fully saturated rings. The third kappa shape index (κ3) is 2.38. The van der Waals surface area contributed by atoms with Crippen molar-refractivity contribution in [3.63, 3.8) is 0 Å². The molecule has 2 heterocycles. The van der Waals surface area contributed by atoms with Crippen LogP contribution in [0.15, 0.2) is 29.4 Å². The average molecular weight is 302 g/mol. The van der Waals surface area contributed by atoms with Crippen LogP contribution in [0.3, 0.4) is 0 Å². The van der Waals surface area contributed by atoms with Crippen molar-refractivity contribution in [3.05, 3.63) is 35.4 Å². The number of rotatable bonds is 3. The van der Waals surface area contributed by atoms with Gasteiger partial charge in [-0.05, 0) is 12.1 Å². The van der Waals surface area contributed by atoms with E-state index in [-0.39, 0.29) is 34.7 Å². The van der Waals surface area contributed by atoms with Gasteiger partial charge in [0.15, 0.2) is 5.16 Å². The van der Waals surface area contributed by atoms with Crippen molar-refractivity contribution < 1.29 is 9.59 Å². The molecule has 8 nitrogen and oxygen atoms in total. The molecule has 4 N–H and O–H groups in total. The molecule has 0 radical (unpaired) electrons. The van der Waals surface area contributed by atoms with Crippen LogP contribution >= 0.6 is 11.8 Å². The summed E-state index contributed by atoms with van der Waals surface area (Å²) < 4.78 is 0. The van der Waals surface area contributed by atoms with Crippen LogP contribution in [-0.4, -0.2) is 37.5 Å². The molecule has 3 rings (SSSR count). The third-order valence-corrected chi connectivity index (χ3v) is 3.68. The minimum absolute atomic E-state index is 0.00707. The Kier molecular flexibility index (Phi) is 3.18. The SMILES string of the molecule is Nc1nc(N)nc(SCN2C(=O)c3ccccc3C2=O)n1. The fourth-order valence-electron chi connectivity index (χ4n) is 1.93. The first-order chi connectivity index (χ1) is 10.1. The summed E-state index contributed by atoms with van der Waals surface area (Å²) in [6.45, 7) is 0. The van der Waals surface area contributed by atoms with Gasteiger partial charge in [-0.1, -0.05) is 23.9 Å². The lowest BCUT2D eigenvalue weighted by atomic mass is 10.1. The molecule has 1 aliphatic heterocycles. The van der Waals surface area contributed by atoms with Gasteiger partial charge in [-0.15, -0.1) is 0 Å². The molecule has 106 valence electrons. The third-order valence-electron chi connectivity index (χ3n) is 2.85. The Balaban J connectivity index is 1.78. The van der Waals surface area contributed by atoms with Crippen LogP contribution in [0.5, 0.6) is 0 Å². The lowest BCUT2D eigenvalue weighted by molar-refractivity contribution is 0.0684. The molecule has 0 spiro atoms. The largest absolute Gasteiger partial charge is 0.368 e. The first kappa shape index (κ1) is 13.3. The predicted molar refractivity (Wildman–Crippen MR) is 76.3 cm³/mol. The second-order valence-corrected chi connectivity index (χ2v) is 5.10. The van der Waals surface area contributed by atoms with Gasteiger partial charge in [-0.2, -0.15) is 15.0 Å². The molecular weight excluding hydrogens is 292 g/mol. The topological polar surface area (TPSA) is 128 Å². The maximum absolute atomic E-state index is 12.2. The summed E-state index contributed by atoms with van der Waals surface area (Å²) in [7, 11) is 0. The fourth-order valence-corrected chi connectivity index (χ4v) is 2.73. The van der Waals surface area contributed by atoms with E-state index < -0.39 is 0 Å². The highest BCUT2D eigenvalue weighted by molar-refractivity contribution is 7.99. The van der Waals surface area contributed by atoms with Crippen LogP contribution in [0, 0.1) is 0 Å². The van der Waals surface area contributed by atoms with Crippen molar-refractivity contribution >= 4 is 35.5 Å².